The topological polar surface area (TPSA) is 52.6 Å². The van der Waals surface area contributed by atoms with Gasteiger partial charge in [0.25, 0.3) is 0 Å². The average molecular weight is 358 g/mol. The van der Waals surface area contributed by atoms with E-state index in [2.05, 4.69) is 4.18 Å². The molecule has 24 heavy (non-hydrogen) atoms. The molecule has 0 aliphatic carbocycles. The molecule has 0 atom stereocenters. The molecule has 1 aliphatic rings. The zero-order valence-corrected chi connectivity index (χ0v) is 13.1. The first kappa shape index (κ1) is 16.8. The molecule has 1 saturated heterocycles. The number of rotatable bonds is 4. The van der Waals surface area contributed by atoms with Crippen LogP contribution in [-0.2, 0) is 20.3 Å². The van der Waals surface area contributed by atoms with Crippen molar-refractivity contribution in [2.75, 3.05) is 13.2 Å². The summed E-state index contributed by atoms with van der Waals surface area (Å²) in [7, 11) is -5.67. The fraction of sp³-hybridized carbons (Fsp3) is 0.250. The van der Waals surface area contributed by atoms with E-state index in [1.165, 1.54) is 12.1 Å². The van der Waals surface area contributed by atoms with Crippen molar-refractivity contribution in [1.82, 2.24) is 0 Å². The maximum atomic E-state index is 12.3. The first-order valence-corrected chi connectivity index (χ1v) is 8.40. The van der Waals surface area contributed by atoms with E-state index >= 15 is 0 Å². The molecule has 8 heteroatoms. The smallest absolute Gasteiger partial charge is 0.379 e. The molecule has 0 saturated carbocycles. The van der Waals surface area contributed by atoms with Crippen LogP contribution in [0.5, 0.6) is 5.75 Å². The first-order valence-electron chi connectivity index (χ1n) is 6.99. The van der Waals surface area contributed by atoms with Crippen molar-refractivity contribution in [2.45, 2.75) is 10.9 Å². The normalized spacial score (nSPS) is 17.1. The van der Waals surface area contributed by atoms with Crippen LogP contribution in [0, 0.1) is 0 Å². The van der Waals surface area contributed by atoms with Crippen molar-refractivity contribution in [3.63, 3.8) is 0 Å². The Morgan fingerprint density at radius 2 is 1.46 bits per heavy atom. The molecule has 128 valence electrons. The number of hydrogen-bond donors (Lipinski definition) is 0. The number of ether oxygens (including phenoxy) is 1. The lowest BCUT2D eigenvalue weighted by Crippen LogP contribution is -2.47. The molecule has 1 aliphatic heterocycles. The van der Waals surface area contributed by atoms with E-state index < -0.39 is 15.6 Å². The molecule has 0 bridgehead atoms. The van der Waals surface area contributed by atoms with Crippen LogP contribution in [0.3, 0.4) is 0 Å². The lowest BCUT2D eigenvalue weighted by Gasteiger charge is -2.42. The van der Waals surface area contributed by atoms with Crippen molar-refractivity contribution >= 4 is 10.1 Å². The van der Waals surface area contributed by atoms with E-state index in [1.807, 2.05) is 30.3 Å². The van der Waals surface area contributed by atoms with Crippen LogP contribution >= 0.6 is 0 Å². The van der Waals surface area contributed by atoms with E-state index in [-0.39, 0.29) is 11.2 Å². The Kier molecular flexibility index (Phi) is 4.05. The van der Waals surface area contributed by atoms with Gasteiger partial charge >= 0.3 is 15.6 Å². The van der Waals surface area contributed by atoms with Gasteiger partial charge in [-0.15, -0.1) is 0 Å². The van der Waals surface area contributed by atoms with Gasteiger partial charge < -0.3 is 8.92 Å². The van der Waals surface area contributed by atoms with Crippen LogP contribution in [-0.4, -0.2) is 27.1 Å². The van der Waals surface area contributed by atoms with Gasteiger partial charge in [0.05, 0.1) is 18.6 Å². The highest BCUT2D eigenvalue weighted by molar-refractivity contribution is 7.88. The molecular formula is C16H13F3O4S. The monoisotopic (exact) mass is 358 g/mol. The Morgan fingerprint density at radius 3 is 1.92 bits per heavy atom. The summed E-state index contributed by atoms with van der Waals surface area (Å²) in [4.78, 5) is 0. The molecule has 0 unspecified atom stereocenters. The van der Waals surface area contributed by atoms with Crippen molar-refractivity contribution in [3.05, 3.63) is 65.7 Å². The maximum Gasteiger partial charge on any atom is 0.534 e. The summed E-state index contributed by atoms with van der Waals surface area (Å²) in [6.07, 6.45) is 0. The zero-order chi connectivity index (χ0) is 17.4. The summed E-state index contributed by atoms with van der Waals surface area (Å²) in [5, 5.41) is 0. The summed E-state index contributed by atoms with van der Waals surface area (Å²) in [5.41, 5.74) is -4.01. The fourth-order valence-corrected chi connectivity index (χ4v) is 3.03. The third-order valence-corrected chi connectivity index (χ3v) is 4.90. The molecule has 1 fully saturated rings. The van der Waals surface area contributed by atoms with Crippen LogP contribution in [0.1, 0.15) is 11.1 Å². The summed E-state index contributed by atoms with van der Waals surface area (Å²) in [5.74, 6) is -0.389. The molecule has 1 heterocycles. The molecule has 2 aromatic carbocycles. The van der Waals surface area contributed by atoms with Gasteiger partial charge in [-0.2, -0.15) is 21.6 Å². The number of hydrogen-bond acceptors (Lipinski definition) is 4. The van der Waals surface area contributed by atoms with Crippen molar-refractivity contribution in [3.8, 4) is 5.75 Å². The van der Waals surface area contributed by atoms with E-state index in [9.17, 15) is 21.6 Å². The SMILES string of the molecule is O=S(=O)(Oc1ccc(C2(c3ccccc3)COC2)cc1)C(F)(F)F. The van der Waals surface area contributed by atoms with Gasteiger partial charge in [-0.05, 0) is 23.3 Å². The lowest BCUT2D eigenvalue weighted by molar-refractivity contribution is -0.0500. The first-order chi connectivity index (χ1) is 11.2. The minimum Gasteiger partial charge on any atom is -0.379 e. The second-order valence-corrected chi connectivity index (χ2v) is 6.99. The second-order valence-electron chi connectivity index (χ2n) is 5.45. The van der Waals surface area contributed by atoms with Crippen molar-refractivity contribution in [2.24, 2.45) is 0 Å². The van der Waals surface area contributed by atoms with Gasteiger partial charge in [-0.1, -0.05) is 42.5 Å². The molecular weight excluding hydrogens is 345 g/mol. The Bertz CT molecular complexity index is 811. The molecule has 2 aromatic rings. The van der Waals surface area contributed by atoms with Crippen LogP contribution in [0.15, 0.2) is 54.6 Å². The van der Waals surface area contributed by atoms with Crippen LogP contribution in [0.25, 0.3) is 0 Å². The minimum atomic E-state index is -5.67. The highest BCUT2D eigenvalue weighted by Crippen LogP contribution is 2.39. The quantitative estimate of drug-likeness (QED) is 0.622. The molecule has 0 amide bonds. The Morgan fingerprint density at radius 1 is 0.917 bits per heavy atom. The summed E-state index contributed by atoms with van der Waals surface area (Å²) in [6, 6.07) is 15.1. The van der Waals surface area contributed by atoms with Gasteiger partial charge in [-0.3, -0.25) is 0 Å². The Hall–Kier alpha value is -2.06. The third kappa shape index (κ3) is 2.87. The van der Waals surface area contributed by atoms with E-state index in [0.29, 0.717) is 13.2 Å². The van der Waals surface area contributed by atoms with Gasteiger partial charge in [-0.25, -0.2) is 0 Å². The van der Waals surface area contributed by atoms with Gasteiger partial charge in [0, 0.05) is 0 Å². The molecule has 0 aromatic heterocycles. The lowest BCUT2D eigenvalue weighted by atomic mass is 9.73. The highest BCUT2D eigenvalue weighted by Gasteiger charge is 2.48. The van der Waals surface area contributed by atoms with Gasteiger partial charge in [0.15, 0.2) is 0 Å². The van der Waals surface area contributed by atoms with Crippen LogP contribution < -0.4 is 4.18 Å². The largest absolute Gasteiger partial charge is 0.534 e. The predicted octanol–water partition coefficient (Wildman–Crippen LogP) is 3.23. The fourth-order valence-electron chi connectivity index (χ4n) is 2.57. The molecule has 0 N–H and O–H groups in total. The zero-order valence-electron chi connectivity index (χ0n) is 12.3. The van der Waals surface area contributed by atoms with E-state index in [4.69, 9.17) is 4.74 Å². The van der Waals surface area contributed by atoms with Gasteiger partial charge in [0.1, 0.15) is 5.75 Å². The van der Waals surface area contributed by atoms with Crippen molar-refractivity contribution in [1.29, 1.82) is 0 Å². The van der Waals surface area contributed by atoms with Crippen LogP contribution in [0.2, 0.25) is 0 Å². The summed E-state index contributed by atoms with van der Waals surface area (Å²) in [6.45, 7) is 0.885. The van der Waals surface area contributed by atoms with Crippen LogP contribution in [0.4, 0.5) is 13.2 Å². The van der Waals surface area contributed by atoms with Gasteiger partial charge in [0.2, 0.25) is 0 Å². The summed E-state index contributed by atoms with van der Waals surface area (Å²) < 4.78 is 68.5. The molecule has 3 rings (SSSR count). The van der Waals surface area contributed by atoms with Crippen molar-refractivity contribution < 1.29 is 30.5 Å². The third-order valence-electron chi connectivity index (χ3n) is 3.92. The standard InChI is InChI=1S/C16H13F3O4S/c17-16(18,19)24(20,21)23-14-8-6-13(7-9-14)15(10-22-11-15)12-4-2-1-3-5-12/h1-9H,10-11H2. The Labute approximate surface area is 137 Å². The highest BCUT2D eigenvalue weighted by atomic mass is 32.2. The maximum absolute atomic E-state index is 12.3. The minimum absolute atomic E-state index is 0.386. The predicted molar refractivity (Wildman–Crippen MR) is 80.1 cm³/mol. The average Bonchev–Trinajstić information content (AvgIpc) is 2.47. The van der Waals surface area contributed by atoms with E-state index in [0.717, 1.165) is 11.1 Å². The summed E-state index contributed by atoms with van der Waals surface area (Å²) >= 11 is 0. The molecule has 4 nitrogen and oxygen atoms in total. The molecule has 0 radical (unpaired) electrons. The van der Waals surface area contributed by atoms with E-state index in [1.54, 1.807) is 12.1 Å². The number of alkyl halides is 3. The Balaban J connectivity index is 1.87. The molecule has 0 spiro atoms. The number of benzene rings is 2. The second kappa shape index (κ2) is 5.78. The number of halogens is 3.